The number of nitrogens with zero attached hydrogens (tertiary/aromatic N) is 2. The lowest BCUT2D eigenvalue weighted by Gasteiger charge is -2.46. The SMILES string of the molecule is CCC1=C2c3oc4cc5ccccc5cc4[n+]3CC(CCCOc3ccccc3)C2OC2C1=C1Oc3cc4ccccc4cc3N1CC2CCCOc1ccccc1. The van der Waals surface area contributed by atoms with Crippen LogP contribution in [0.4, 0.5) is 5.69 Å². The normalized spacial score (nSPS) is 20.7. The number of hydrogen-bond donors (Lipinski definition) is 0. The molecular formula is C51H47N2O5+. The van der Waals surface area contributed by atoms with Gasteiger partial charge in [-0.25, -0.2) is 0 Å². The Morgan fingerprint density at radius 2 is 1.24 bits per heavy atom. The summed E-state index contributed by atoms with van der Waals surface area (Å²) in [6, 6.07) is 46.4. The quantitative estimate of drug-likeness (QED) is 0.0965. The zero-order valence-corrected chi connectivity index (χ0v) is 32.8. The molecule has 0 saturated heterocycles. The molecule has 0 bridgehead atoms. The van der Waals surface area contributed by atoms with Crippen molar-refractivity contribution < 1.29 is 27.9 Å². The number of benzene rings is 6. The number of para-hydroxylation sites is 2. The molecule has 7 aromatic rings. The van der Waals surface area contributed by atoms with Gasteiger partial charge in [0, 0.05) is 30.0 Å². The van der Waals surface area contributed by atoms with Crippen LogP contribution in [0, 0.1) is 11.8 Å². The van der Waals surface area contributed by atoms with Crippen LogP contribution in [0.15, 0.2) is 155 Å². The highest BCUT2D eigenvalue weighted by Crippen LogP contribution is 2.53. The average molecular weight is 768 g/mol. The molecule has 4 aliphatic rings. The van der Waals surface area contributed by atoms with Gasteiger partial charge in [0.2, 0.25) is 11.5 Å². The second-order valence-corrected chi connectivity index (χ2v) is 16.1. The molecular weight excluding hydrogens is 721 g/mol. The van der Waals surface area contributed by atoms with Crippen molar-refractivity contribution in [3.63, 3.8) is 0 Å². The van der Waals surface area contributed by atoms with E-state index in [9.17, 15) is 0 Å². The standard InChI is InChI=1S/C51H47N2O5/c1-2-41-46-48(37(19-13-25-54-39-21-5-3-6-22-39)31-52-42-27-33-15-9-11-17-35(33)29-44(42)56-50(46)52)58-49-38(20-14-26-55-40-23-7-4-8-24-40)32-53-43-28-34-16-10-12-18-36(34)30-45(43)57-51(53)47(41)49/h3-12,15-18,21-24,27-30,37-38,48-49H,2,13-14,19-20,25-26,31-32H2,1H3/q+1. The number of rotatable bonds is 11. The van der Waals surface area contributed by atoms with Crippen molar-refractivity contribution in [3.05, 3.63) is 156 Å². The van der Waals surface area contributed by atoms with Gasteiger partial charge in [0.1, 0.15) is 17.6 Å². The Balaban J connectivity index is 1.02. The summed E-state index contributed by atoms with van der Waals surface area (Å²) >= 11 is 0. The fourth-order valence-corrected chi connectivity index (χ4v) is 9.91. The molecule has 0 spiro atoms. The third-order valence-electron chi connectivity index (χ3n) is 12.6. The maximum Gasteiger partial charge on any atom is 0.380 e. The van der Waals surface area contributed by atoms with Gasteiger partial charge in [-0.2, -0.15) is 4.57 Å². The third kappa shape index (κ3) is 6.11. The molecule has 4 unspecified atom stereocenters. The Hall–Kier alpha value is -6.05. The smallest absolute Gasteiger partial charge is 0.380 e. The van der Waals surface area contributed by atoms with E-state index in [0.29, 0.717) is 13.2 Å². The topological polar surface area (TPSA) is 57.2 Å². The van der Waals surface area contributed by atoms with E-state index in [1.807, 2.05) is 60.7 Å². The summed E-state index contributed by atoms with van der Waals surface area (Å²) in [6.45, 7) is 5.21. The predicted octanol–water partition coefficient (Wildman–Crippen LogP) is 11.0. The second kappa shape index (κ2) is 14.7. The molecule has 0 saturated carbocycles. The molecule has 5 heterocycles. The first-order valence-electron chi connectivity index (χ1n) is 21.0. The summed E-state index contributed by atoms with van der Waals surface area (Å²) in [5, 5.41) is 4.77. The van der Waals surface area contributed by atoms with Crippen LogP contribution in [-0.2, 0) is 11.3 Å². The summed E-state index contributed by atoms with van der Waals surface area (Å²) in [4.78, 5) is 2.43. The Kier molecular flexibility index (Phi) is 8.91. The monoisotopic (exact) mass is 767 g/mol. The summed E-state index contributed by atoms with van der Waals surface area (Å²) in [6.07, 6.45) is 4.32. The van der Waals surface area contributed by atoms with Crippen LogP contribution in [-0.4, -0.2) is 32.0 Å². The first-order valence-corrected chi connectivity index (χ1v) is 21.0. The van der Waals surface area contributed by atoms with Gasteiger partial charge < -0.3 is 28.3 Å². The van der Waals surface area contributed by atoms with Crippen LogP contribution >= 0.6 is 0 Å². The number of oxazole rings is 1. The number of hydrogen-bond acceptors (Lipinski definition) is 6. The van der Waals surface area contributed by atoms with E-state index < -0.39 is 0 Å². The van der Waals surface area contributed by atoms with Crippen LogP contribution in [0.5, 0.6) is 17.2 Å². The van der Waals surface area contributed by atoms with E-state index in [0.717, 1.165) is 91.0 Å². The molecule has 1 aromatic heterocycles. The Bertz CT molecular complexity index is 2720. The van der Waals surface area contributed by atoms with Crippen LogP contribution in [0.2, 0.25) is 0 Å². The second-order valence-electron chi connectivity index (χ2n) is 16.1. The molecule has 0 fully saturated rings. The van der Waals surface area contributed by atoms with E-state index in [4.69, 9.17) is 23.4 Å². The molecule has 11 rings (SSSR count). The summed E-state index contributed by atoms with van der Waals surface area (Å²) < 4.78 is 36.5. The molecule has 4 aliphatic heterocycles. The van der Waals surface area contributed by atoms with Crippen LogP contribution < -0.4 is 23.7 Å². The first kappa shape index (κ1) is 35.1. The van der Waals surface area contributed by atoms with E-state index in [-0.39, 0.29) is 24.0 Å². The Morgan fingerprint density at radius 3 is 1.91 bits per heavy atom. The third-order valence-corrected chi connectivity index (χ3v) is 12.6. The molecule has 58 heavy (non-hydrogen) atoms. The van der Waals surface area contributed by atoms with E-state index >= 15 is 0 Å². The number of aromatic nitrogens is 1. The maximum atomic E-state index is 7.62. The average Bonchev–Trinajstić information content (AvgIpc) is 3.81. The van der Waals surface area contributed by atoms with Gasteiger partial charge in [0.15, 0.2) is 12.3 Å². The van der Waals surface area contributed by atoms with E-state index in [2.05, 4.69) is 89.2 Å². The van der Waals surface area contributed by atoms with Gasteiger partial charge >= 0.3 is 5.89 Å². The minimum atomic E-state index is -0.128. The van der Waals surface area contributed by atoms with Crippen molar-refractivity contribution in [2.45, 2.75) is 57.8 Å². The molecule has 0 N–H and O–H groups in total. The lowest BCUT2D eigenvalue weighted by Crippen LogP contribution is -2.55. The highest BCUT2D eigenvalue weighted by molar-refractivity contribution is 5.94. The maximum absolute atomic E-state index is 7.62. The zero-order valence-electron chi connectivity index (χ0n) is 32.8. The highest BCUT2D eigenvalue weighted by Gasteiger charge is 2.53. The molecule has 6 aromatic carbocycles. The summed E-state index contributed by atoms with van der Waals surface area (Å²) in [7, 11) is 0. The predicted molar refractivity (Wildman–Crippen MR) is 228 cm³/mol. The van der Waals surface area contributed by atoms with Gasteiger partial charge in [-0.1, -0.05) is 91.9 Å². The molecule has 4 atom stereocenters. The minimum Gasteiger partial charge on any atom is -0.494 e. The van der Waals surface area contributed by atoms with Gasteiger partial charge in [0.05, 0.1) is 30.6 Å². The lowest BCUT2D eigenvalue weighted by atomic mass is 9.75. The summed E-state index contributed by atoms with van der Waals surface area (Å²) in [5.74, 6) is 4.97. The minimum absolute atomic E-state index is 0.128. The van der Waals surface area contributed by atoms with Gasteiger partial charge in [-0.05, 0) is 102 Å². The number of ether oxygens (including phenoxy) is 4. The van der Waals surface area contributed by atoms with Crippen molar-refractivity contribution in [2.24, 2.45) is 11.8 Å². The van der Waals surface area contributed by atoms with Gasteiger partial charge in [0.25, 0.3) is 5.52 Å². The largest absolute Gasteiger partial charge is 0.494 e. The molecule has 7 nitrogen and oxygen atoms in total. The van der Waals surface area contributed by atoms with Gasteiger partial charge in [-0.15, -0.1) is 0 Å². The van der Waals surface area contributed by atoms with Crippen molar-refractivity contribution in [1.29, 1.82) is 0 Å². The fraction of sp³-hybridized carbons (Fsp3) is 0.275. The number of anilines is 1. The number of fused-ring (bicyclic) bond motifs is 11. The van der Waals surface area contributed by atoms with Crippen LogP contribution in [0.25, 0.3) is 38.2 Å². The molecule has 290 valence electrons. The van der Waals surface area contributed by atoms with Crippen molar-refractivity contribution in [2.75, 3.05) is 24.7 Å². The Morgan fingerprint density at radius 1 is 0.655 bits per heavy atom. The Labute approximate surface area is 338 Å². The van der Waals surface area contributed by atoms with Crippen molar-refractivity contribution in [3.8, 4) is 17.2 Å². The van der Waals surface area contributed by atoms with Crippen LogP contribution in [0.3, 0.4) is 0 Å². The fourth-order valence-electron chi connectivity index (χ4n) is 9.91. The molecule has 0 radical (unpaired) electrons. The van der Waals surface area contributed by atoms with E-state index in [1.54, 1.807) is 0 Å². The molecule has 0 amide bonds. The van der Waals surface area contributed by atoms with Gasteiger partial charge in [-0.3, -0.25) is 0 Å². The highest BCUT2D eigenvalue weighted by atomic mass is 16.5. The van der Waals surface area contributed by atoms with Crippen molar-refractivity contribution in [1.82, 2.24) is 0 Å². The van der Waals surface area contributed by atoms with Crippen molar-refractivity contribution >= 4 is 43.9 Å². The molecule has 0 aliphatic carbocycles. The molecule has 7 heteroatoms. The summed E-state index contributed by atoms with van der Waals surface area (Å²) in [5.41, 5.74) is 6.77. The lowest BCUT2D eigenvalue weighted by molar-refractivity contribution is -0.691. The first-order chi connectivity index (χ1) is 28.7. The van der Waals surface area contributed by atoms with Crippen LogP contribution in [0.1, 0.15) is 44.9 Å². The zero-order chi connectivity index (χ0) is 38.6. The van der Waals surface area contributed by atoms with E-state index in [1.165, 1.54) is 38.3 Å².